The van der Waals surface area contributed by atoms with Crippen LogP contribution < -0.4 is 5.73 Å². The molecule has 0 unspecified atom stereocenters. The van der Waals surface area contributed by atoms with E-state index in [4.69, 9.17) is 5.73 Å². The van der Waals surface area contributed by atoms with Crippen LogP contribution in [0.4, 0.5) is 10.1 Å². The van der Waals surface area contributed by atoms with Crippen molar-refractivity contribution in [2.24, 2.45) is 16.6 Å². The number of hydrogen-bond acceptors (Lipinski definition) is 1. The molecular formula is C14H19FN2. The van der Waals surface area contributed by atoms with E-state index in [1.165, 1.54) is 31.4 Å². The predicted octanol–water partition coefficient (Wildman–Crippen LogP) is 3.70. The highest BCUT2D eigenvalue weighted by Crippen LogP contribution is 2.25. The van der Waals surface area contributed by atoms with Gasteiger partial charge in [-0.25, -0.2) is 9.38 Å². The van der Waals surface area contributed by atoms with Crippen LogP contribution in [0.25, 0.3) is 0 Å². The zero-order valence-corrected chi connectivity index (χ0v) is 10.2. The predicted molar refractivity (Wildman–Crippen MR) is 69.0 cm³/mol. The number of benzene rings is 1. The molecule has 1 aliphatic carbocycles. The van der Waals surface area contributed by atoms with Crippen LogP contribution in [0.15, 0.2) is 23.2 Å². The van der Waals surface area contributed by atoms with Crippen molar-refractivity contribution in [1.29, 1.82) is 0 Å². The first-order chi connectivity index (χ1) is 8.15. The van der Waals surface area contributed by atoms with E-state index in [1.807, 2.05) is 13.0 Å². The van der Waals surface area contributed by atoms with E-state index in [0.29, 0.717) is 17.4 Å². The third kappa shape index (κ3) is 3.29. The van der Waals surface area contributed by atoms with Crippen molar-refractivity contribution in [2.75, 3.05) is 0 Å². The molecule has 3 heteroatoms. The molecule has 1 aromatic rings. The Labute approximate surface area is 102 Å². The Bertz CT molecular complexity index is 400. The number of hydrogen-bond donors (Lipinski definition) is 1. The molecule has 92 valence electrons. The normalized spacial score (nSPS) is 18.4. The monoisotopic (exact) mass is 234 g/mol. The lowest BCUT2D eigenvalue weighted by Crippen LogP contribution is -2.25. The van der Waals surface area contributed by atoms with Crippen LogP contribution in [-0.4, -0.2) is 5.84 Å². The summed E-state index contributed by atoms with van der Waals surface area (Å²) in [7, 11) is 0. The minimum Gasteiger partial charge on any atom is -0.387 e. The van der Waals surface area contributed by atoms with E-state index in [9.17, 15) is 4.39 Å². The largest absolute Gasteiger partial charge is 0.387 e. The summed E-state index contributed by atoms with van der Waals surface area (Å²) >= 11 is 0. The smallest absolute Gasteiger partial charge is 0.125 e. The van der Waals surface area contributed by atoms with Crippen molar-refractivity contribution >= 4 is 11.5 Å². The number of aryl methyl sites for hydroxylation is 1. The van der Waals surface area contributed by atoms with E-state index < -0.39 is 0 Å². The third-order valence-corrected chi connectivity index (χ3v) is 3.31. The van der Waals surface area contributed by atoms with Crippen molar-refractivity contribution in [3.63, 3.8) is 0 Å². The van der Waals surface area contributed by atoms with Gasteiger partial charge in [0.25, 0.3) is 0 Å². The molecule has 0 bridgehead atoms. The zero-order chi connectivity index (χ0) is 12.3. The third-order valence-electron chi connectivity index (χ3n) is 3.31. The van der Waals surface area contributed by atoms with E-state index in [2.05, 4.69) is 4.99 Å². The average molecular weight is 234 g/mol. The lowest BCUT2D eigenvalue weighted by molar-refractivity contribution is 0.437. The standard InChI is InChI=1S/C14H19FN2/c1-10-7-12(15)9-13(8-10)17-14(16)11-5-3-2-4-6-11/h7-9,11H,2-6H2,1H3,(H2,16,17). The van der Waals surface area contributed by atoms with Crippen LogP contribution in [0.2, 0.25) is 0 Å². The van der Waals surface area contributed by atoms with E-state index in [1.54, 1.807) is 0 Å². The first kappa shape index (κ1) is 12.1. The molecule has 2 rings (SSSR count). The van der Waals surface area contributed by atoms with Gasteiger partial charge in [-0.2, -0.15) is 0 Å². The lowest BCUT2D eigenvalue weighted by Gasteiger charge is -2.20. The van der Waals surface area contributed by atoms with Crippen molar-refractivity contribution in [3.8, 4) is 0 Å². The van der Waals surface area contributed by atoms with Gasteiger partial charge in [-0.05, 0) is 43.5 Å². The summed E-state index contributed by atoms with van der Waals surface area (Å²) in [6.45, 7) is 1.86. The van der Waals surface area contributed by atoms with Crippen molar-refractivity contribution < 1.29 is 4.39 Å². The van der Waals surface area contributed by atoms with Crippen LogP contribution in [0.1, 0.15) is 37.7 Å². The van der Waals surface area contributed by atoms with Crippen molar-refractivity contribution in [1.82, 2.24) is 0 Å². The van der Waals surface area contributed by atoms with Gasteiger partial charge in [-0.15, -0.1) is 0 Å². The molecule has 1 fully saturated rings. The van der Waals surface area contributed by atoms with Crippen LogP contribution in [0.5, 0.6) is 0 Å². The van der Waals surface area contributed by atoms with Gasteiger partial charge < -0.3 is 5.73 Å². The number of halogens is 1. The summed E-state index contributed by atoms with van der Waals surface area (Å²) < 4.78 is 13.2. The highest BCUT2D eigenvalue weighted by atomic mass is 19.1. The van der Waals surface area contributed by atoms with Crippen LogP contribution in [0, 0.1) is 18.7 Å². The summed E-state index contributed by atoms with van der Waals surface area (Å²) in [6.07, 6.45) is 5.97. The molecule has 0 spiro atoms. The summed E-state index contributed by atoms with van der Waals surface area (Å²) in [5.74, 6) is 0.794. The molecule has 17 heavy (non-hydrogen) atoms. The van der Waals surface area contributed by atoms with Crippen LogP contribution >= 0.6 is 0 Å². The maximum absolute atomic E-state index is 13.2. The van der Waals surface area contributed by atoms with E-state index >= 15 is 0 Å². The number of amidine groups is 1. The van der Waals surface area contributed by atoms with E-state index in [-0.39, 0.29) is 5.82 Å². The van der Waals surface area contributed by atoms with Gasteiger partial charge in [0.2, 0.25) is 0 Å². The topological polar surface area (TPSA) is 38.4 Å². The fourth-order valence-corrected chi connectivity index (χ4v) is 2.42. The molecule has 0 amide bonds. The lowest BCUT2D eigenvalue weighted by atomic mass is 9.88. The van der Waals surface area contributed by atoms with Gasteiger partial charge in [-0.1, -0.05) is 19.3 Å². The molecule has 2 nitrogen and oxygen atoms in total. The van der Waals surface area contributed by atoms with Crippen LogP contribution in [0.3, 0.4) is 0 Å². The second-order valence-electron chi connectivity index (χ2n) is 4.86. The Balaban J connectivity index is 2.16. The number of aliphatic imine (C=N–C) groups is 1. The van der Waals surface area contributed by atoms with Gasteiger partial charge in [0.1, 0.15) is 11.7 Å². The molecule has 0 saturated heterocycles. The minimum absolute atomic E-state index is 0.250. The fraction of sp³-hybridized carbons (Fsp3) is 0.500. The van der Waals surface area contributed by atoms with Gasteiger partial charge in [0.05, 0.1) is 5.69 Å². The Morgan fingerprint density at radius 3 is 2.59 bits per heavy atom. The maximum Gasteiger partial charge on any atom is 0.125 e. The van der Waals surface area contributed by atoms with Crippen molar-refractivity contribution in [2.45, 2.75) is 39.0 Å². The summed E-state index contributed by atoms with van der Waals surface area (Å²) in [4.78, 5) is 4.36. The molecular weight excluding hydrogens is 215 g/mol. The SMILES string of the molecule is Cc1cc(F)cc(N=C(N)C2CCCCC2)c1. The first-order valence-electron chi connectivity index (χ1n) is 6.26. The Hall–Kier alpha value is -1.38. The molecule has 0 heterocycles. The Morgan fingerprint density at radius 1 is 1.24 bits per heavy atom. The number of nitrogens with zero attached hydrogens (tertiary/aromatic N) is 1. The van der Waals surface area contributed by atoms with E-state index in [0.717, 1.165) is 18.4 Å². The van der Waals surface area contributed by atoms with Gasteiger partial charge in [0, 0.05) is 5.92 Å². The summed E-state index contributed by atoms with van der Waals surface area (Å²) in [5.41, 5.74) is 7.51. The summed E-state index contributed by atoms with van der Waals surface area (Å²) in [6, 6.07) is 4.79. The molecule has 1 aromatic carbocycles. The Kier molecular flexibility index (Phi) is 3.77. The molecule has 0 radical (unpaired) electrons. The molecule has 1 aliphatic rings. The number of rotatable bonds is 2. The molecule has 0 aliphatic heterocycles. The average Bonchev–Trinajstić information content (AvgIpc) is 2.28. The Morgan fingerprint density at radius 2 is 1.94 bits per heavy atom. The quantitative estimate of drug-likeness (QED) is 0.615. The van der Waals surface area contributed by atoms with Crippen molar-refractivity contribution in [3.05, 3.63) is 29.6 Å². The second kappa shape index (κ2) is 5.30. The van der Waals surface area contributed by atoms with Gasteiger partial charge in [0.15, 0.2) is 0 Å². The fourth-order valence-electron chi connectivity index (χ4n) is 2.42. The van der Waals surface area contributed by atoms with Gasteiger partial charge in [-0.3, -0.25) is 0 Å². The van der Waals surface area contributed by atoms with Gasteiger partial charge >= 0.3 is 0 Å². The highest BCUT2D eigenvalue weighted by Gasteiger charge is 2.16. The second-order valence-corrected chi connectivity index (χ2v) is 4.86. The zero-order valence-electron chi connectivity index (χ0n) is 10.2. The summed E-state index contributed by atoms with van der Waals surface area (Å²) in [5, 5.41) is 0. The van der Waals surface area contributed by atoms with Crippen LogP contribution in [-0.2, 0) is 0 Å². The minimum atomic E-state index is -0.250. The molecule has 2 N–H and O–H groups in total. The number of nitrogens with two attached hydrogens (primary N) is 1. The molecule has 0 aromatic heterocycles. The first-order valence-corrected chi connectivity index (χ1v) is 6.26. The molecule has 1 saturated carbocycles. The molecule has 0 atom stereocenters. The highest BCUT2D eigenvalue weighted by molar-refractivity contribution is 5.85. The maximum atomic E-state index is 13.2.